The van der Waals surface area contributed by atoms with Crippen molar-refractivity contribution in [2.45, 2.75) is 0 Å². The Morgan fingerprint density at radius 2 is 0.927 bits per heavy atom. The lowest BCUT2D eigenvalue weighted by Crippen LogP contribution is -1.96. The summed E-state index contributed by atoms with van der Waals surface area (Å²) in [6.45, 7) is 0. The van der Waals surface area contributed by atoms with E-state index in [2.05, 4.69) is 197 Å². The summed E-state index contributed by atoms with van der Waals surface area (Å²) in [4.78, 5) is 0. The molecule has 3 heteroatoms. The topological polar surface area (TPSA) is 23.0 Å². The normalized spacial score (nSPS) is 12.0. The number of furan rings is 1. The molecule has 0 radical (unpaired) electrons. The maximum absolute atomic E-state index is 6.78. The van der Waals surface area contributed by atoms with Gasteiger partial charge < -0.3 is 13.6 Å². The molecule has 55 heavy (non-hydrogen) atoms. The Balaban J connectivity index is 1.09. The third-order valence-corrected chi connectivity index (χ3v) is 11.5. The van der Waals surface area contributed by atoms with Crippen LogP contribution in [0.1, 0.15) is 0 Å². The fraction of sp³-hybridized carbons (Fsp3) is 0. The van der Waals surface area contributed by atoms with Crippen LogP contribution in [-0.4, -0.2) is 9.13 Å². The van der Waals surface area contributed by atoms with Crippen molar-refractivity contribution in [1.82, 2.24) is 9.13 Å². The number of nitrogens with zero attached hydrogens (tertiary/aromatic N) is 2. The fourth-order valence-electron chi connectivity index (χ4n) is 9.07. The Morgan fingerprint density at radius 3 is 1.76 bits per heavy atom. The summed E-state index contributed by atoms with van der Waals surface area (Å²) < 4.78 is 11.6. The molecule has 9 aromatic carbocycles. The maximum Gasteiger partial charge on any atom is 0.160 e. The molecular formula is C52H32N2O. The Morgan fingerprint density at radius 1 is 0.327 bits per heavy atom. The van der Waals surface area contributed by atoms with Gasteiger partial charge in [0.15, 0.2) is 5.58 Å². The first-order valence-electron chi connectivity index (χ1n) is 18.9. The quantitative estimate of drug-likeness (QED) is 0.179. The average molecular weight is 701 g/mol. The van der Waals surface area contributed by atoms with Gasteiger partial charge in [0.25, 0.3) is 0 Å². The molecule has 0 fully saturated rings. The number of fused-ring (bicyclic) bond motifs is 10. The maximum atomic E-state index is 6.78. The van der Waals surface area contributed by atoms with Gasteiger partial charge >= 0.3 is 0 Å². The van der Waals surface area contributed by atoms with Crippen LogP contribution in [0.4, 0.5) is 0 Å². The van der Waals surface area contributed by atoms with Crippen LogP contribution < -0.4 is 0 Å². The van der Waals surface area contributed by atoms with Crippen molar-refractivity contribution in [3.05, 3.63) is 194 Å². The van der Waals surface area contributed by atoms with Crippen molar-refractivity contribution in [2.24, 2.45) is 0 Å². The number of benzene rings is 9. The molecule has 0 bridgehead atoms. The zero-order valence-corrected chi connectivity index (χ0v) is 29.8. The molecule has 3 aromatic heterocycles. The molecule has 256 valence electrons. The van der Waals surface area contributed by atoms with Gasteiger partial charge in [-0.2, -0.15) is 0 Å². The van der Waals surface area contributed by atoms with E-state index in [0.29, 0.717) is 0 Å². The molecule has 0 aliphatic rings. The highest BCUT2D eigenvalue weighted by atomic mass is 16.3. The van der Waals surface area contributed by atoms with Gasteiger partial charge in [0.2, 0.25) is 0 Å². The highest BCUT2D eigenvalue weighted by Gasteiger charge is 2.21. The minimum absolute atomic E-state index is 0.890. The predicted molar refractivity (Wildman–Crippen MR) is 231 cm³/mol. The molecule has 0 saturated carbocycles. The molecule has 0 N–H and O–H groups in total. The van der Waals surface area contributed by atoms with Crippen LogP contribution in [0.5, 0.6) is 0 Å². The second-order valence-corrected chi connectivity index (χ2v) is 14.5. The summed E-state index contributed by atoms with van der Waals surface area (Å²) in [5.74, 6) is 0. The van der Waals surface area contributed by atoms with Crippen LogP contribution in [-0.2, 0) is 0 Å². The zero-order valence-electron chi connectivity index (χ0n) is 29.8. The molecular weight excluding hydrogens is 669 g/mol. The number of para-hydroxylation sites is 3. The number of hydrogen-bond donors (Lipinski definition) is 0. The van der Waals surface area contributed by atoms with Gasteiger partial charge in [0.05, 0.1) is 33.4 Å². The minimum Gasteiger partial charge on any atom is -0.454 e. The van der Waals surface area contributed by atoms with E-state index < -0.39 is 0 Å². The third-order valence-electron chi connectivity index (χ3n) is 11.5. The molecule has 0 saturated heterocycles. The summed E-state index contributed by atoms with van der Waals surface area (Å²) in [5, 5.41) is 9.65. The number of hydrogen-bond acceptors (Lipinski definition) is 1. The second-order valence-electron chi connectivity index (χ2n) is 14.5. The Kier molecular flexibility index (Phi) is 6.34. The lowest BCUT2D eigenvalue weighted by molar-refractivity contribution is 0.666. The second kappa shape index (κ2) is 11.6. The van der Waals surface area contributed by atoms with Crippen molar-refractivity contribution >= 4 is 76.3 Å². The highest BCUT2D eigenvalue weighted by molar-refractivity contribution is 6.17. The molecule has 0 aliphatic heterocycles. The summed E-state index contributed by atoms with van der Waals surface area (Å²) in [6.07, 6.45) is 0. The third kappa shape index (κ3) is 4.38. The lowest BCUT2D eigenvalue weighted by atomic mass is 9.98. The van der Waals surface area contributed by atoms with Gasteiger partial charge in [0.1, 0.15) is 5.58 Å². The van der Waals surface area contributed by atoms with Gasteiger partial charge in [-0.15, -0.1) is 0 Å². The van der Waals surface area contributed by atoms with E-state index >= 15 is 0 Å². The summed E-state index contributed by atoms with van der Waals surface area (Å²) >= 11 is 0. The predicted octanol–water partition coefficient (Wildman–Crippen LogP) is 14.3. The van der Waals surface area contributed by atoms with Gasteiger partial charge in [0, 0.05) is 37.7 Å². The van der Waals surface area contributed by atoms with Crippen LogP contribution in [0.25, 0.3) is 110 Å². The minimum atomic E-state index is 0.890. The van der Waals surface area contributed by atoms with Crippen molar-refractivity contribution < 1.29 is 4.42 Å². The molecule has 0 amide bonds. The fourth-order valence-corrected chi connectivity index (χ4v) is 9.07. The Hall–Kier alpha value is -7.36. The molecule has 3 heterocycles. The van der Waals surface area contributed by atoms with Crippen LogP contribution in [0, 0.1) is 0 Å². The summed E-state index contributed by atoms with van der Waals surface area (Å²) in [7, 11) is 0. The standard InChI is InChI=1S/C52H32N2O/c1-2-13-34(14-3-1)38-28-30-48(52-51(38)42-20-8-11-24-50(42)55-52)53-46-22-10-7-19-40(46)43-31-35(26-29-47(43)53)36-25-27-41-39-18-6-9-21-45(39)54(49(41)32-36)44-23-12-16-33-15-4-5-17-37(33)44/h1-32H. The molecule has 12 aromatic rings. The Bertz CT molecular complexity index is 3480. The molecule has 0 unspecified atom stereocenters. The van der Waals surface area contributed by atoms with E-state index in [1.165, 1.54) is 71.3 Å². The van der Waals surface area contributed by atoms with E-state index in [1.54, 1.807) is 0 Å². The van der Waals surface area contributed by atoms with E-state index in [9.17, 15) is 0 Å². The largest absolute Gasteiger partial charge is 0.454 e. The first-order valence-corrected chi connectivity index (χ1v) is 18.9. The zero-order chi connectivity index (χ0) is 36.0. The van der Waals surface area contributed by atoms with E-state index in [-0.39, 0.29) is 0 Å². The van der Waals surface area contributed by atoms with Gasteiger partial charge in [-0.3, -0.25) is 0 Å². The lowest BCUT2D eigenvalue weighted by Gasteiger charge is -2.13. The SMILES string of the molecule is c1ccc(-c2ccc(-n3c4ccccc4c4cc(-c5ccc6c7ccccc7n(-c7cccc8ccccc78)c6c5)ccc43)c3oc4ccccc4c23)cc1. The average Bonchev–Trinajstić information content (AvgIpc) is 3.91. The molecule has 12 rings (SSSR count). The molecule has 0 atom stereocenters. The van der Waals surface area contributed by atoms with Crippen LogP contribution in [0.15, 0.2) is 199 Å². The Labute approximate surface area is 316 Å². The molecule has 0 aliphatic carbocycles. The smallest absolute Gasteiger partial charge is 0.160 e. The highest BCUT2D eigenvalue weighted by Crippen LogP contribution is 2.43. The number of aromatic nitrogens is 2. The summed E-state index contributed by atoms with van der Waals surface area (Å²) in [6, 6.07) is 70.2. The van der Waals surface area contributed by atoms with Gasteiger partial charge in [-0.05, 0) is 76.2 Å². The van der Waals surface area contributed by atoms with Crippen molar-refractivity contribution in [1.29, 1.82) is 0 Å². The summed E-state index contributed by atoms with van der Waals surface area (Å²) in [5.41, 5.74) is 13.4. The first kappa shape index (κ1) is 30.1. The molecule has 3 nitrogen and oxygen atoms in total. The van der Waals surface area contributed by atoms with Crippen molar-refractivity contribution in [3.8, 4) is 33.6 Å². The van der Waals surface area contributed by atoms with Crippen LogP contribution in [0.2, 0.25) is 0 Å². The van der Waals surface area contributed by atoms with Crippen molar-refractivity contribution in [2.75, 3.05) is 0 Å². The van der Waals surface area contributed by atoms with E-state index in [0.717, 1.165) is 38.7 Å². The van der Waals surface area contributed by atoms with E-state index in [4.69, 9.17) is 4.42 Å². The van der Waals surface area contributed by atoms with Gasteiger partial charge in [-0.1, -0.05) is 146 Å². The van der Waals surface area contributed by atoms with Crippen LogP contribution >= 0.6 is 0 Å². The van der Waals surface area contributed by atoms with Crippen molar-refractivity contribution in [3.63, 3.8) is 0 Å². The molecule has 0 spiro atoms. The monoisotopic (exact) mass is 700 g/mol. The van der Waals surface area contributed by atoms with E-state index in [1.807, 2.05) is 6.07 Å². The first-order chi connectivity index (χ1) is 27.3. The number of rotatable bonds is 4. The van der Waals surface area contributed by atoms with Crippen LogP contribution in [0.3, 0.4) is 0 Å². The van der Waals surface area contributed by atoms with Gasteiger partial charge in [-0.25, -0.2) is 0 Å².